The Labute approximate surface area is 93.3 Å². The first-order valence-corrected chi connectivity index (χ1v) is 5.79. The normalized spacial score (nSPS) is 13.9. The van der Waals surface area contributed by atoms with Crippen LogP contribution in [0.15, 0.2) is 42.5 Å². The molecule has 0 amide bonds. The lowest BCUT2D eigenvalue weighted by molar-refractivity contribution is 1.05. The molecule has 0 spiro atoms. The molecule has 0 aromatic heterocycles. The fourth-order valence-electron chi connectivity index (χ4n) is 1.76. The first-order valence-electron chi connectivity index (χ1n) is 5.79. The molecule has 0 N–H and O–H groups in total. The number of rotatable bonds is 1. The van der Waals surface area contributed by atoms with Crippen molar-refractivity contribution in [3.05, 3.63) is 53.6 Å². The predicted molar refractivity (Wildman–Crippen MR) is 68.9 cm³/mol. The van der Waals surface area contributed by atoms with Crippen molar-refractivity contribution in [3.63, 3.8) is 0 Å². The van der Waals surface area contributed by atoms with Gasteiger partial charge in [-0.25, -0.2) is 0 Å². The van der Waals surface area contributed by atoms with Gasteiger partial charge in [-0.3, -0.25) is 0 Å². The van der Waals surface area contributed by atoms with E-state index in [4.69, 9.17) is 0 Å². The molecule has 15 heavy (non-hydrogen) atoms. The highest BCUT2D eigenvalue weighted by Gasteiger charge is 2.04. The van der Waals surface area contributed by atoms with Gasteiger partial charge in [-0.15, -0.1) is 0 Å². The van der Waals surface area contributed by atoms with Crippen LogP contribution in [-0.4, -0.2) is 0 Å². The van der Waals surface area contributed by atoms with Gasteiger partial charge in [0, 0.05) is 0 Å². The van der Waals surface area contributed by atoms with Gasteiger partial charge in [0.05, 0.1) is 0 Å². The molecule has 80 valence electrons. The van der Waals surface area contributed by atoms with Gasteiger partial charge in [0.25, 0.3) is 0 Å². The molecule has 0 bridgehead atoms. The van der Waals surface area contributed by atoms with E-state index in [1.54, 1.807) is 0 Å². The first-order chi connectivity index (χ1) is 7.38. The Hall–Kier alpha value is -1.30. The minimum atomic E-state index is 1.18. The highest BCUT2D eigenvalue weighted by molar-refractivity contribution is 5.70. The molecular formula is C15H20. The number of aryl methyl sites for hydroxylation is 1. The summed E-state index contributed by atoms with van der Waals surface area (Å²) in [5.74, 6) is 0. The van der Waals surface area contributed by atoms with Crippen molar-refractivity contribution >= 4 is 5.57 Å². The van der Waals surface area contributed by atoms with E-state index in [1.165, 1.54) is 29.5 Å². The van der Waals surface area contributed by atoms with Gasteiger partial charge in [0.2, 0.25) is 0 Å². The van der Waals surface area contributed by atoms with Crippen molar-refractivity contribution in [2.75, 3.05) is 0 Å². The van der Waals surface area contributed by atoms with Gasteiger partial charge in [0.1, 0.15) is 0 Å². The van der Waals surface area contributed by atoms with E-state index in [0.717, 1.165) is 0 Å². The first kappa shape index (κ1) is 11.8. The summed E-state index contributed by atoms with van der Waals surface area (Å²) < 4.78 is 0. The van der Waals surface area contributed by atoms with Gasteiger partial charge < -0.3 is 0 Å². The summed E-state index contributed by atoms with van der Waals surface area (Å²) in [4.78, 5) is 0. The Morgan fingerprint density at radius 1 is 1.07 bits per heavy atom. The van der Waals surface area contributed by atoms with Crippen molar-refractivity contribution in [3.8, 4) is 0 Å². The minimum absolute atomic E-state index is 1.18. The molecule has 0 fully saturated rings. The molecule has 0 aliphatic heterocycles. The van der Waals surface area contributed by atoms with Gasteiger partial charge in [-0.05, 0) is 36.5 Å². The van der Waals surface area contributed by atoms with Crippen LogP contribution in [0.2, 0.25) is 0 Å². The van der Waals surface area contributed by atoms with Crippen LogP contribution >= 0.6 is 0 Å². The van der Waals surface area contributed by atoms with Gasteiger partial charge in [-0.1, -0.05) is 56.3 Å². The second kappa shape index (κ2) is 6.23. The third kappa shape index (κ3) is 3.09. The molecule has 1 aromatic rings. The zero-order valence-electron chi connectivity index (χ0n) is 9.96. The van der Waals surface area contributed by atoms with E-state index in [9.17, 15) is 0 Å². The smallest absolute Gasteiger partial charge is 0.0195 e. The highest BCUT2D eigenvalue weighted by Crippen LogP contribution is 2.25. The molecule has 1 aliphatic carbocycles. The van der Waals surface area contributed by atoms with Crippen LogP contribution in [0.5, 0.6) is 0 Å². The summed E-state index contributed by atoms with van der Waals surface area (Å²) in [5.41, 5.74) is 4.26. The summed E-state index contributed by atoms with van der Waals surface area (Å²) in [6.45, 7) is 6.18. The SMILES string of the molecule is CC.Cc1ccccc1C1=CC=CCC1. The molecular weight excluding hydrogens is 180 g/mol. The summed E-state index contributed by atoms with van der Waals surface area (Å²) in [5, 5.41) is 0. The Morgan fingerprint density at radius 3 is 2.40 bits per heavy atom. The summed E-state index contributed by atoms with van der Waals surface area (Å²) in [6.07, 6.45) is 8.97. The zero-order chi connectivity index (χ0) is 11.1. The van der Waals surface area contributed by atoms with Crippen LogP contribution in [0.4, 0.5) is 0 Å². The third-order valence-electron chi connectivity index (χ3n) is 2.50. The summed E-state index contributed by atoms with van der Waals surface area (Å²) in [6, 6.07) is 8.59. The maximum absolute atomic E-state index is 2.23. The zero-order valence-corrected chi connectivity index (χ0v) is 9.96. The molecule has 0 heteroatoms. The van der Waals surface area contributed by atoms with E-state index >= 15 is 0 Å². The van der Waals surface area contributed by atoms with E-state index in [-0.39, 0.29) is 0 Å². The standard InChI is InChI=1S/C13H14.C2H6/c1-11-7-5-6-10-13(11)12-8-3-2-4-9-12;1-2/h2-3,5-8,10H,4,9H2,1H3;1-2H3. The van der Waals surface area contributed by atoms with Crippen molar-refractivity contribution < 1.29 is 0 Å². The molecule has 1 aromatic carbocycles. The summed E-state index contributed by atoms with van der Waals surface area (Å²) in [7, 11) is 0. The van der Waals surface area contributed by atoms with Crippen molar-refractivity contribution in [1.29, 1.82) is 0 Å². The predicted octanol–water partition coefficient (Wildman–Crippen LogP) is 4.75. The lowest BCUT2D eigenvalue weighted by Gasteiger charge is -2.11. The summed E-state index contributed by atoms with van der Waals surface area (Å²) >= 11 is 0. The van der Waals surface area contributed by atoms with Crippen LogP contribution in [0.1, 0.15) is 37.8 Å². The molecule has 0 saturated carbocycles. The van der Waals surface area contributed by atoms with Crippen LogP contribution in [-0.2, 0) is 0 Å². The molecule has 0 radical (unpaired) electrons. The van der Waals surface area contributed by atoms with E-state index in [1.807, 2.05) is 13.8 Å². The van der Waals surface area contributed by atoms with E-state index < -0.39 is 0 Å². The Bertz CT molecular complexity index is 356. The lowest BCUT2D eigenvalue weighted by Crippen LogP contribution is -1.90. The maximum atomic E-state index is 2.23. The topological polar surface area (TPSA) is 0 Å². The van der Waals surface area contributed by atoms with Gasteiger partial charge in [-0.2, -0.15) is 0 Å². The maximum Gasteiger partial charge on any atom is -0.0195 e. The highest BCUT2D eigenvalue weighted by atomic mass is 14.1. The van der Waals surface area contributed by atoms with Crippen LogP contribution in [0.25, 0.3) is 5.57 Å². The second-order valence-corrected chi connectivity index (χ2v) is 3.47. The van der Waals surface area contributed by atoms with Crippen LogP contribution < -0.4 is 0 Å². The second-order valence-electron chi connectivity index (χ2n) is 3.47. The van der Waals surface area contributed by atoms with Crippen molar-refractivity contribution in [2.45, 2.75) is 33.6 Å². The molecule has 2 rings (SSSR count). The van der Waals surface area contributed by atoms with E-state index in [0.29, 0.717) is 0 Å². The molecule has 0 saturated heterocycles. The lowest BCUT2D eigenvalue weighted by atomic mass is 9.94. The molecule has 0 heterocycles. The average Bonchev–Trinajstić information content (AvgIpc) is 2.33. The third-order valence-corrected chi connectivity index (χ3v) is 2.50. The molecule has 0 nitrogen and oxygen atoms in total. The minimum Gasteiger partial charge on any atom is -0.0842 e. The Kier molecular flexibility index (Phi) is 4.89. The fourth-order valence-corrected chi connectivity index (χ4v) is 1.76. The van der Waals surface area contributed by atoms with Gasteiger partial charge in [0.15, 0.2) is 0 Å². The Morgan fingerprint density at radius 2 is 1.80 bits per heavy atom. The van der Waals surface area contributed by atoms with Crippen molar-refractivity contribution in [2.24, 2.45) is 0 Å². The van der Waals surface area contributed by atoms with Crippen molar-refractivity contribution in [1.82, 2.24) is 0 Å². The quantitative estimate of drug-likeness (QED) is 0.613. The Balaban J connectivity index is 0.000000531. The number of hydrogen-bond donors (Lipinski definition) is 0. The fraction of sp³-hybridized carbons (Fsp3) is 0.333. The van der Waals surface area contributed by atoms with Crippen LogP contribution in [0, 0.1) is 6.92 Å². The average molecular weight is 200 g/mol. The molecule has 1 aliphatic rings. The number of hydrogen-bond acceptors (Lipinski definition) is 0. The monoisotopic (exact) mass is 200 g/mol. The largest absolute Gasteiger partial charge is 0.0842 e. The number of allylic oxidation sites excluding steroid dienone is 4. The molecule has 0 unspecified atom stereocenters. The van der Waals surface area contributed by atoms with Gasteiger partial charge >= 0.3 is 0 Å². The van der Waals surface area contributed by atoms with E-state index in [2.05, 4.69) is 49.4 Å². The molecule has 0 atom stereocenters. The number of benzene rings is 1. The van der Waals surface area contributed by atoms with Crippen LogP contribution in [0.3, 0.4) is 0 Å².